The van der Waals surface area contributed by atoms with Gasteiger partial charge in [-0.2, -0.15) is 0 Å². The SMILES string of the molecule is Cc1ccccc1NC(=O)CCn1nnc2cc(S(=O)(=O)N(C)C)ccc21. The first-order valence-corrected chi connectivity index (χ1v) is 9.84. The highest BCUT2D eigenvalue weighted by atomic mass is 32.2. The quantitative estimate of drug-likeness (QED) is 0.698. The van der Waals surface area contributed by atoms with Crippen molar-refractivity contribution in [3.05, 3.63) is 48.0 Å². The Morgan fingerprint density at radius 3 is 2.63 bits per heavy atom. The molecule has 0 saturated carbocycles. The molecular weight excluding hydrogens is 366 g/mol. The van der Waals surface area contributed by atoms with Gasteiger partial charge in [-0.3, -0.25) is 4.79 Å². The average molecular weight is 387 g/mol. The van der Waals surface area contributed by atoms with E-state index in [1.165, 1.54) is 26.2 Å². The van der Waals surface area contributed by atoms with Crippen LogP contribution in [0.15, 0.2) is 47.4 Å². The maximum Gasteiger partial charge on any atom is 0.242 e. The summed E-state index contributed by atoms with van der Waals surface area (Å²) in [4.78, 5) is 12.4. The van der Waals surface area contributed by atoms with Gasteiger partial charge in [-0.1, -0.05) is 23.4 Å². The number of nitrogens with one attached hydrogen (secondary N) is 1. The Labute approximate surface area is 157 Å². The second kappa shape index (κ2) is 7.45. The third-order valence-electron chi connectivity index (χ3n) is 4.23. The first kappa shape index (κ1) is 19.0. The Kier molecular flexibility index (Phi) is 5.24. The fourth-order valence-electron chi connectivity index (χ4n) is 2.62. The molecule has 0 atom stereocenters. The number of nitrogens with zero attached hydrogens (tertiary/aromatic N) is 4. The van der Waals surface area contributed by atoms with E-state index in [-0.39, 0.29) is 17.2 Å². The second-order valence-corrected chi connectivity index (χ2v) is 8.52. The van der Waals surface area contributed by atoms with E-state index in [1.54, 1.807) is 10.7 Å². The highest BCUT2D eigenvalue weighted by Gasteiger charge is 2.19. The number of sulfonamides is 1. The summed E-state index contributed by atoms with van der Waals surface area (Å²) in [7, 11) is -0.580. The molecule has 0 aliphatic rings. The van der Waals surface area contributed by atoms with Crippen LogP contribution in [0.25, 0.3) is 11.0 Å². The fraction of sp³-hybridized carbons (Fsp3) is 0.278. The van der Waals surface area contributed by atoms with Gasteiger partial charge in [0, 0.05) is 26.2 Å². The van der Waals surface area contributed by atoms with Crippen molar-refractivity contribution < 1.29 is 13.2 Å². The molecule has 8 nitrogen and oxygen atoms in total. The summed E-state index contributed by atoms with van der Waals surface area (Å²) in [6, 6.07) is 12.2. The maximum atomic E-state index is 12.2. The van der Waals surface area contributed by atoms with E-state index < -0.39 is 10.0 Å². The molecule has 0 spiro atoms. The highest BCUT2D eigenvalue weighted by Crippen LogP contribution is 2.19. The largest absolute Gasteiger partial charge is 0.326 e. The lowest BCUT2D eigenvalue weighted by atomic mass is 10.2. The van der Waals surface area contributed by atoms with Crippen molar-refractivity contribution >= 4 is 32.7 Å². The lowest BCUT2D eigenvalue weighted by Gasteiger charge is -2.11. The minimum atomic E-state index is -3.53. The molecule has 1 aromatic heterocycles. The van der Waals surface area contributed by atoms with Crippen LogP contribution >= 0.6 is 0 Å². The smallest absolute Gasteiger partial charge is 0.242 e. The molecule has 0 radical (unpaired) electrons. The number of amides is 1. The average Bonchev–Trinajstić information content (AvgIpc) is 3.04. The molecule has 0 unspecified atom stereocenters. The van der Waals surface area contributed by atoms with Gasteiger partial charge >= 0.3 is 0 Å². The molecule has 2 aromatic carbocycles. The minimum Gasteiger partial charge on any atom is -0.326 e. The Balaban J connectivity index is 1.73. The monoisotopic (exact) mass is 387 g/mol. The molecule has 1 amide bonds. The van der Waals surface area contributed by atoms with Gasteiger partial charge in [0.05, 0.1) is 17.0 Å². The van der Waals surface area contributed by atoms with E-state index in [1.807, 2.05) is 31.2 Å². The number of hydrogen-bond donors (Lipinski definition) is 1. The van der Waals surface area contributed by atoms with E-state index in [4.69, 9.17) is 0 Å². The molecule has 3 rings (SSSR count). The number of aryl methyl sites for hydroxylation is 2. The zero-order valence-corrected chi connectivity index (χ0v) is 16.2. The van der Waals surface area contributed by atoms with Crippen molar-refractivity contribution in [2.45, 2.75) is 24.8 Å². The van der Waals surface area contributed by atoms with Crippen LogP contribution in [0.2, 0.25) is 0 Å². The zero-order valence-electron chi connectivity index (χ0n) is 15.4. The number of carbonyl (C=O) groups excluding carboxylic acids is 1. The predicted octanol–water partition coefficient (Wildman–Crippen LogP) is 2.02. The Bertz CT molecular complexity index is 1090. The summed E-state index contributed by atoms with van der Waals surface area (Å²) >= 11 is 0. The Morgan fingerprint density at radius 1 is 1.19 bits per heavy atom. The van der Waals surface area contributed by atoms with Gasteiger partial charge in [-0.25, -0.2) is 17.4 Å². The van der Waals surface area contributed by atoms with Crippen molar-refractivity contribution in [2.24, 2.45) is 0 Å². The third-order valence-corrected chi connectivity index (χ3v) is 6.04. The normalized spacial score (nSPS) is 11.9. The lowest BCUT2D eigenvalue weighted by Crippen LogP contribution is -2.22. The molecule has 1 heterocycles. The highest BCUT2D eigenvalue weighted by molar-refractivity contribution is 7.89. The summed E-state index contributed by atoms with van der Waals surface area (Å²) in [5.74, 6) is -0.125. The van der Waals surface area contributed by atoms with Crippen LogP contribution in [0.5, 0.6) is 0 Å². The molecule has 27 heavy (non-hydrogen) atoms. The summed E-state index contributed by atoms with van der Waals surface area (Å²) < 4.78 is 27.2. The maximum absolute atomic E-state index is 12.2. The summed E-state index contributed by atoms with van der Waals surface area (Å²) in [6.45, 7) is 2.27. The molecule has 9 heteroatoms. The van der Waals surface area contributed by atoms with Crippen LogP contribution in [0, 0.1) is 6.92 Å². The third kappa shape index (κ3) is 3.99. The summed E-state index contributed by atoms with van der Waals surface area (Å²) in [6.07, 6.45) is 0.227. The topological polar surface area (TPSA) is 97.2 Å². The van der Waals surface area contributed by atoms with Crippen LogP contribution in [-0.2, 0) is 21.4 Å². The molecule has 0 bridgehead atoms. The number of carbonyl (C=O) groups is 1. The molecule has 0 saturated heterocycles. The van der Waals surface area contributed by atoms with Crippen molar-refractivity contribution in [1.82, 2.24) is 19.3 Å². The van der Waals surface area contributed by atoms with Gasteiger partial charge in [-0.05, 0) is 36.8 Å². The van der Waals surface area contributed by atoms with Crippen molar-refractivity contribution in [3.8, 4) is 0 Å². The first-order chi connectivity index (χ1) is 12.8. The lowest BCUT2D eigenvalue weighted by molar-refractivity contribution is -0.116. The van der Waals surface area contributed by atoms with E-state index in [2.05, 4.69) is 15.6 Å². The first-order valence-electron chi connectivity index (χ1n) is 8.40. The number of fused-ring (bicyclic) bond motifs is 1. The molecule has 3 aromatic rings. The van der Waals surface area contributed by atoms with Crippen LogP contribution in [0.4, 0.5) is 5.69 Å². The molecule has 0 aliphatic heterocycles. The number of anilines is 1. The van der Waals surface area contributed by atoms with Crippen molar-refractivity contribution in [2.75, 3.05) is 19.4 Å². The minimum absolute atomic E-state index is 0.125. The number of aromatic nitrogens is 3. The standard InChI is InChI=1S/C18H21N5O3S/c1-13-6-4-5-7-15(13)19-18(24)10-11-23-17-9-8-14(12-16(17)20-21-23)27(25,26)22(2)3/h4-9,12H,10-11H2,1-3H3,(H,19,24). The summed E-state index contributed by atoms with van der Waals surface area (Å²) in [5, 5.41) is 10.9. The Hall–Kier alpha value is -2.78. The zero-order chi connectivity index (χ0) is 19.6. The number of hydrogen-bond acceptors (Lipinski definition) is 5. The Morgan fingerprint density at radius 2 is 1.93 bits per heavy atom. The fourth-order valence-corrected chi connectivity index (χ4v) is 3.54. The summed E-state index contributed by atoms with van der Waals surface area (Å²) in [5.41, 5.74) is 2.92. The van der Waals surface area contributed by atoms with Crippen LogP contribution in [-0.4, -0.2) is 47.7 Å². The van der Waals surface area contributed by atoms with Gasteiger partial charge in [-0.15, -0.1) is 5.10 Å². The van der Waals surface area contributed by atoms with Gasteiger partial charge in [0.1, 0.15) is 5.52 Å². The van der Waals surface area contributed by atoms with Crippen LogP contribution in [0.1, 0.15) is 12.0 Å². The number of para-hydroxylation sites is 1. The van der Waals surface area contributed by atoms with E-state index in [0.717, 1.165) is 15.6 Å². The van der Waals surface area contributed by atoms with Crippen molar-refractivity contribution in [1.29, 1.82) is 0 Å². The van der Waals surface area contributed by atoms with Gasteiger partial charge in [0.25, 0.3) is 0 Å². The predicted molar refractivity (Wildman–Crippen MR) is 103 cm³/mol. The molecule has 0 fully saturated rings. The van der Waals surface area contributed by atoms with Crippen LogP contribution in [0.3, 0.4) is 0 Å². The van der Waals surface area contributed by atoms with Crippen molar-refractivity contribution in [3.63, 3.8) is 0 Å². The van der Waals surface area contributed by atoms with Gasteiger partial charge in [0.2, 0.25) is 15.9 Å². The number of benzene rings is 2. The molecule has 142 valence electrons. The number of rotatable bonds is 6. The molecule has 0 aliphatic carbocycles. The molecular formula is C18H21N5O3S. The van der Waals surface area contributed by atoms with Crippen LogP contribution < -0.4 is 5.32 Å². The van der Waals surface area contributed by atoms with Gasteiger partial charge in [0.15, 0.2) is 0 Å². The van der Waals surface area contributed by atoms with Gasteiger partial charge < -0.3 is 5.32 Å². The second-order valence-electron chi connectivity index (χ2n) is 6.36. The van der Waals surface area contributed by atoms with E-state index >= 15 is 0 Å². The molecule has 1 N–H and O–H groups in total. The van der Waals surface area contributed by atoms with E-state index in [0.29, 0.717) is 17.6 Å². The van der Waals surface area contributed by atoms with E-state index in [9.17, 15) is 13.2 Å².